The standard InChI is InChI=1S/C19H21NO4S/c1-13-6-5-7-15(12-13)24-11-10-20-18(21)16-8-3-4-9-17(16)25-14(2)19(22)23/h3-9,12,14H,10-11H2,1-2H3,(H,20,21)(H,22,23). The van der Waals surface area contributed by atoms with Crippen LogP contribution in [0.25, 0.3) is 0 Å². The van der Waals surface area contributed by atoms with Gasteiger partial charge in [0.25, 0.3) is 5.91 Å². The molecule has 2 aromatic carbocycles. The fourth-order valence-electron chi connectivity index (χ4n) is 2.13. The number of amides is 1. The summed E-state index contributed by atoms with van der Waals surface area (Å²) in [4.78, 5) is 24.0. The van der Waals surface area contributed by atoms with Crippen molar-refractivity contribution in [2.24, 2.45) is 0 Å². The number of thioether (sulfide) groups is 1. The molecule has 0 aliphatic rings. The van der Waals surface area contributed by atoms with Crippen LogP contribution in [-0.4, -0.2) is 35.4 Å². The Balaban J connectivity index is 1.89. The molecule has 0 aliphatic heterocycles. The second kappa shape index (κ2) is 9.13. The smallest absolute Gasteiger partial charge is 0.316 e. The number of hydrogen-bond acceptors (Lipinski definition) is 4. The van der Waals surface area contributed by atoms with Crippen LogP contribution in [0.3, 0.4) is 0 Å². The Hall–Kier alpha value is -2.47. The number of hydrogen-bond donors (Lipinski definition) is 2. The zero-order valence-corrected chi connectivity index (χ0v) is 15.0. The molecule has 132 valence electrons. The van der Waals surface area contributed by atoms with Crippen molar-refractivity contribution in [3.63, 3.8) is 0 Å². The van der Waals surface area contributed by atoms with Crippen LogP contribution >= 0.6 is 11.8 Å². The summed E-state index contributed by atoms with van der Waals surface area (Å²) >= 11 is 1.15. The quantitative estimate of drug-likeness (QED) is 0.558. The lowest BCUT2D eigenvalue weighted by Gasteiger charge is -2.12. The molecule has 5 nitrogen and oxygen atoms in total. The Kier molecular flexibility index (Phi) is 6.89. The Morgan fingerprint density at radius 3 is 2.68 bits per heavy atom. The molecule has 0 bridgehead atoms. The summed E-state index contributed by atoms with van der Waals surface area (Å²) in [6, 6.07) is 14.7. The van der Waals surface area contributed by atoms with Gasteiger partial charge in [0.2, 0.25) is 0 Å². The average Bonchev–Trinajstić information content (AvgIpc) is 2.59. The summed E-state index contributed by atoms with van der Waals surface area (Å²) in [6.07, 6.45) is 0. The van der Waals surface area contributed by atoms with Crippen LogP contribution in [0.4, 0.5) is 0 Å². The van der Waals surface area contributed by atoms with Gasteiger partial charge >= 0.3 is 5.97 Å². The summed E-state index contributed by atoms with van der Waals surface area (Å²) in [5.41, 5.74) is 1.58. The summed E-state index contributed by atoms with van der Waals surface area (Å²) in [7, 11) is 0. The molecule has 2 rings (SSSR count). The first kappa shape index (κ1) is 18.9. The molecule has 0 spiro atoms. The van der Waals surface area contributed by atoms with Crippen molar-refractivity contribution in [2.45, 2.75) is 24.0 Å². The summed E-state index contributed by atoms with van der Waals surface area (Å²) < 4.78 is 5.60. The Labute approximate surface area is 151 Å². The Morgan fingerprint density at radius 2 is 1.96 bits per heavy atom. The molecule has 1 amide bonds. The summed E-state index contributed by atoms with van der Waals surface area (Å²) in [6.45, 7) is 4.30. The lowest BCUT2D eigenvalue weighted by Crippen LogP contribution is -2.28. The number of carboxylic acid groups (broad SMARTS) is 1. The van der Waals surface area contributed by atoms with Gasteiger partial charge in [-0.2, -0.15) is 0 Å². The maximum absolute atomic E-state index is 12.4. The second-order valence-corrected chi connectivity index (χ2v) is 6.90. The molecule has 0 radical (unpaired) electrons. The van der Waals surface area contributed by atoms with E-state index in [1.54, 1.807) is 31.2 Å². The number of carbonyl (C=O) groups is 2. The maximum atomic E-state index is 12.4. The Morgan fingerprint density at radius 1 is 1.20 bits per heavy atom. The van der Waals surface area contributed by atoms with E-state index in [0.717, 1.165) is 23.1 Å². The predicted octanol–water partition coefficient (Wildman–Crippen LogP) is 3.37. The van der Waals surface area contributed by atoms with Crippen molar-refractivity contribution in [3.05, 3.63) is 59.7 Å². The number of rotatable bonds is 8. The van der Waals surface area contributed by atoms with Gasteiger partial charge in [-0.25, -0.2) is 0 Å². The van der Waals surface area contributed by atoms with Gasteiger partial charge in [0.15, 0.2) is 0 Å². The minimum atomic E-state index is -0.910. The van der Waals surface area contributed by atoms with Gasteiger partial charge < -0.3 is 15.2 Å². The van der Waals surface area contributed by atoms with E-state index in [1.165, 1.54) is 0 Å². The molecule has 25 heavy (non-hydrogen) atoms. The summed E-state index contributed by atoms with van der Waals surface area (Å²) in [5, 5.41) is 11.2. The number of aryl methyl sites for hydroxylation is 1. The monoisotopic (exact) mass is 359 g/mol. The van der Waals surface area contributed by atoms with Gasteiger partial charge in [-0.3, -0.25) is 9.59 Å². The molecule has 0 fully saturated rings. The minimum Gasteiger partial charge on any atom is -0.492 e. The Bertz CT molecular complexity index is 748. The molecule has 2 N–H and O–H groups in total. The van der Waals surface area contributed by atoms with Gasteiger partial charge in [0.05, 0.1) is 12.1 Å². The van der Waals surface area contributed by atoms with Crippen LogP contribution in [0.15, 0.2) is 53.4 Å². The van der Waals surface area contributed by atoms with Crippen molar-refractivity contribution in [2.75, 3.05) is 13.2 Å². The number of carbonyl (C=O) groups excluding carboxylic acids is 1. The van der Waals surface area contributed by atoms with Crippen LogP contribution < -0.4 is 10.1 Å². The van der Waals surface area contributed by atoms with Gasteiger partial charge in [-0.1, -0.05) is 24.3 Å². The fourth-order valence-corrected chi connectivity index (χ4v) is 3.06. The lowest BCUT2D eigenvalue weighted by molar-refractivity contribution is -0.136. The number of nitrogens with one attached hydrogen (secondary N) is 1. The highest BCUT2D eigenvalue weighted by molar-refractivity contribution is 8.00. The first-order valence-electron chi connectivity index (χ1n) is 7.93. The van der Waals surface area contributed by atoms with Crippen molar-refractivity contribution in [1.82, 2.24) is 5.32 Å². The van der Waals surface area contributed by atoms with E-state index in [9.17, 15) is 9.59 Å². The van der Waals surface area contributed by atoms with E-state index < -0.39 is 11.2 Å². The molecule has 6 heteroatoms. The van der Waals surface area contributed by atoms with Crippen LogP contribution in [0.2, 0.25) is 0 Å². The number of ether oxygens (including phenoxy) is 1. The molecule has 2 aromatic rings. The zero-order chi connectivity index (χ0) is 18.2. The molecule has 0 heterocycles. The molecule has 1 unspecified atom stereocenters. The van der Waals surface area contributed by atoms with Crippen LogP contribution in [0.5, 0.6) is 5.75 Å². The summed E-state index contributed by atoms with van der Waals surface area (Å²) in [5.74, 6) is -0.388. The first-order chi connectivity index (χ1) is 12.0. The highest BCUT2D eigenvalue weighted by atomic mass is 32.2. The van der Waals surface area contributed by atoms with E-state index in [-0.39, 0.29) is 5.91 Å². The van der Waals surface area contributed by atoms with Gasteiger partial charge in [0.1, 0.15) is 17.6 Å². The second-order valence-electron chi connectivity index (χ2n) is 5.52. The normalized spacial score (nSPS) is 11.6. The molecule has 1 atom stereocenters. The van der Waals surface area contributed by atoms with Gasteiger partial charge in [0, 0.05) is 4.90 Å². The zero-order valence-electron chi connectivity index (χ0n) is 14.2. The first-order valence-corrected chi connectivity index (χ1v) is 8.81. The largest absolute Gasteiger partial charge is 0.492 e. The lowest BCUT2D eigenvalue weighted by atomic mass is 10.2. The topological polar surface area (TPSA) is 75.6 Å². The molecule has 0 aromatic heterocycles. The van der Waals surface area contributed by atoms with E-state index in [2.05, 4.69) is 5.32 Å². The van der Waals surface area contributed by atoms with Gasteiger partial charge in [-0.15, -0.1) is 11.8 Å². The number of aliphatic carboxylic acids is 1. The van der Waals surface area contributed by atoms with Crippen molar-refractivity contribution < 1.29 is 19.4 Å². The molecular weight excluding hydrogens is 338 g/mol. The van der Waals surface area contributed by atoms with Crippen LogP contribution in [0.1, 0.15) is 22.8 Å². The molecule has 0 saturated heterocycles. The van der Waals surface area contributed by atoms with Gasteiger partial charge in [-0.05, 0) is 43.7 Å². The SMILES string of the molecule is Cc1cccc(OCCNC(=O)c2ccccc2SC(C)C(=O)O)c1. The number of carboxylic acids is 1. The average molecular weight is 359 g/mol. The van der Waals surface area contributed by atoms with E-state index in [4.69, 9.17) is 9.84 Å². The van der Waals surface area contributed by atoms with Crippen LogP contribution in [0, 0.1) is 6.92 Å². The third-order valence-corrected chi connectivity index (χ3v) is 4.59. The fraction of sp³-hybridized carbons (Fsp3) is 0.263. The maximum Gasteiger partial charge on any atom is 0.316 e. The molecule has 0 aliphatic carbocycles. The van der Waals surface area contributed by atoms with Crippen molar-refractivity contribution in [1.29, 1.82) is 0 Å². The number of benzene rings is 2. The van der Waals surface area contributed by atoms with Crippen molar-refractivity contribution in [3.8, 4) is 5.75 Å². The minimum absolute atomic E-state index is 0.242. The molecular formula is C19H21NO4S. The van der Waals surface area contributed by atoms with Crippen molar-refractivity contribution >= 4 is 23.6 Å². The van der Waals surface area contributed by atoms with Crippen LogP contribution in [-0.2, 0) is 4.79 Å². The highest BCUT2D eigenvalue weighted by Gasteiger charge is 2.17. The molecule has 0 saturated carbocycles. The van der Waals surface area contributed by atoms with E-state index >= 15 is 0 Å². The van der Waals surface area contributed by atoms with E-state index in [1.807, 2.05) is 31.2 Å². The third kappa shape index (κ3) is 5.83. The predicted molar refractivity (Wildman–Crippen MR) is 98.4 cm³/mol. The third-order valence-electron chi connectivity index (χ3n) is 3.43. The highest BCUT2D eigenvalue weighted by Crippen LogP contribution is 2.26. The van der Waals surface area contributed by atoms with E-state index in [0.29, 0.717) is 23.6 Å².